The molecule has 3 fully saturated rings. The van der Waals surface area contributed by atoms with Gasteiger partial charge in [-0.15, -0.1) is 0 Å². The third kappa shape index (κ3) is 42.0. The van der Waals surface area contributed by atoms with Crippen LogP contribution in [0.4, 0.5) is 0 Å². The van der Waals surface area contributed by atoms with E-state index in [1.165, 1.54) is 283 Å². The highest BCUT2D eigenvalue weighted by atomic mass is 16.8. The first-order valence-corrected chi connectivity index (χ1v) is 41.6. The third-order valence-corrected chi connectivity index (χ3v) is 21.0. The zero-order valence-corrected chi connectivity index (χ0v) is 63.2. The molecule has 100 heavy (non-hydrogen) atoms. The molecule has 3 rings (SSSR count). The molecule has 0 aromatic heterocycles. The Bertz CT molecular complexity index is 1900. The first kappa shape index (κ1) is 92.5. The monoisotopic (exact) mass is 1430 g/mol. The van der Waals surface area contributed by atoms with Crippen LogP contribution in [-0.4, -0.2) is 193 Å². The average molecular weight is 1430 g/mol. The molecule has 0 aromatic rings. The van der Waals surface area contributed by atoms with Crippen LogP contribution in [0, 0.1) is 0 Å². The number of carbonyl (C=O) groups excluding carboxylic acids is 1. The normalized spacial score (nSPS) is 26.5. The number of rotatable bonds is 67. The van der Waals surface area contributed by atoms with Gasteiger partial charge in [0.15, 0.2) is 18.9 Å². The lowest BCUT2D eigenvalue weighted by Gasteiger charge is -2.48. The van der Waals surface area contributed by atoms with Crippen molar-refractivity contribution in [2.45, 2.75) is 458 Å². The van der Waals surface area contributed by atoms with Crippen molar-refractivity contribution in [2.75, 3.05) is 26.4 Å². The van der Waals surface area contributed by atoms with E-state index in [1.54, 1.807) is 6.08 Å². The van der Waals surface area contributed by atoms with Gasteiger partial charge in [0.1, 0.15) is 73.2 Å². The molecule has 17 atom stereocenters. The molecule has 3 aliphatic rings. The van der Waals surface area contributed by atoms with Crippen molar-refractivity contribution in [3.63, 3.8) is 0 Å². The van der Waals surface area contributed by atoms with Crippen LogP contribution in [0.5, 0.6) is 0 Å². The van der Waals surface area contributed by atoms with Gasteiger partial charge in [-0.05, 0) is 32.1 Å². The first-order valence-electron chi connectivity index (χ1n) is 41.6. The highest BCUT2D eigenvalue weighted by Gasteiger charge is 2.54. The minimum absolute atomic E-state index is 0.241. The molecule has 1 amide bonds. The lowest BCUT2D eigenvalue weighted by Crippen LogP contribution is -2.66. The molecule has 0 aromatic carbocycles. The van der Waals surface area contributed by atoms with E-state index in [0.717, 1.165) is 38.5 Å². The lowest BCUT2D eigenvalue weighted by atomic mass is 9.96. The van der Waals surface area contributed by atoms with E-state index in [9.17, 15) is 61.0 Å². The molecule has 0 saturated carbocycles. The van der Waals surface area contributed by atoms with Gasteiger partial charge >= 0.3 is 0 Å². The van der Waals surface area contributed by atoms with E-state index in [0.29, 0.717) is 12.8 Å². The first-order chi connectivity index (χ1) is 48.8. The van der Waals surface area contributed by atoms with Crippen LogP contribution in [0.25, 0.3) is 0 Å². The number of carbonyl (C=O) groups is 1. The summed E-state index contributed by atoms with van der Waals surface area (Å²) < 4.78 is 34.4. The van der Waals surface area contributed by atoms with E-state index in [-0.39, 0.29) is 18.9 Å². The number of nitrogens with one attached hydrogen (secondary N) is 1. The van der Waals surface area contributed by atoms with Crippen molar-refractivity contribution >= 4 is 5.91 Å². The van der Waals surface area contributed by atoms with Gasteiger partial charge in [-0.1, -0.05) is 340 Å². The number of aliphatic hydroxyl groups is 11. The Morgan fingerprint density at radius 2 is 0.640 bits per heavy atom. The number of aliphatic hydroxyl groups excluding tert-OH is 11. The largest absolute Gasteiger partial charge is 0.394 e. The predicted molar refractivity (Wildman–Crippen MR) is 397 cm³/mol. The van der Waals surface area contributed by atoms with Crippen molar-refractivity contribution in [3.05, 3.63) is 24.3 Å². The van der Waals surface area contributed by atoms with Crippen LogP contribution in [0.15, 0.2) is 24.3 Å². The highest BCUT2D eigenvalue weighted by molar-refractivity contribution is 5.76. The van der Waals surface area contributed by atoms with Crippen molar-refractivity contribution in [2.24, 2.45) is 0 Å². The molecule has 3 saturated heterocycles. The molecular formula is C81H153NO18. The second kappa shape index (κ2) is 62.3. The summed E-state index contributed by atoms with van der Waals surface area (Å²) in [6.45, 7) is 1.76. The molecule has 17 unspecified atom stereocenters. The second-order valence-electron chi connectivity index (χ2n) is 29.9. The Labute approximate surface area is 607 Å². The Hall–Kier alpha value is -1.73. The molecule has 3 aliphatic heterocycles. The quantitative estimate of drug-likeness (QED) is 0.0199. The predicted octanol–water partition coefficient (Wildman–Crippen LogP) is 14.1. The fourth-order valence-corrected chi connectivity index (χ4v) is 14.3. The summed E-state index contributed by atoms with van der Waals surface area (Å²) in [5, 5.41) is 121. The zero-order valence-electron chi connectivity index (χ0n) is 63.2. The third-order valence-electron chi connectivity index (χ3n) is 21.0. The van der Waals surface area contributed by atoms with Crippen molar-refractivity contribution in [3.8, 4) is 0 Å². The maximum absolute atomic E-state index is 13.5. The van der Waals surface area contributed by atoms with E-state index in [1.807, 2.05) is 6.08 Å². The van der Waals surface area contributed by atoms with E-state index < -0.39 is 124 Å². The van der Waals surface area contributed by atoms with Gasteiger partial charge in [0.25, 0.3) is 0 Å². The number of allylic oxidation sites excluding steroid dienone is 3. The maximum atomic E-state index is 13.5. The fourth-order valence-electron chi connectivity index (χ4n) is 14.3. The van der Waals surface area contributed by atoms with E-state index in [4.69, 9.17) is 28.4 Å². The lowest BCUT2D eigenvalue weighted by molar-refractivity contribution is -0.379. The van der Waals surface area contributed by atoms with Crippen LogP contribution in [0.3, 0.4) is 0 Å². The van der Waals surface area contributed by atoms with Crippen LogP contribution < -0.4 is 5.32 Å². The minimum Gasteiger partial charge on any atom is -0.394 e. The smallest absolute Gasteiger partial charge is 0.220 e. The molecule has 590 valence electrons. The molecule has 19 nitrogen and oxygen atoms in total. The Morgan fingerprint density at radius 1 is 0.350 bits per heavy atom. The summed E-state index contributed by atoms with van der Waals surface area (Å²) in [7, 11) is 0. The highest BCUT2D eigenvalue weighted by Crippen LogP contribution is 2.33. The fraction of sp³-hybridized carbons (Fsp3) is 0.938. The SMILES string of the molecule is CCCCCCCCCCCCC/C=C/CC/C=C/C(O)C(COC1OC(CO)C(OC2OC(CO)C(OC3OC(CO)C(O)C(O)C3O)C(O)C2O)C(O)C1O)NC(=O)CCCCCCCCCCCCCCCCCCCCCCCCCCCCCCCCCCCCCCCC. The maximum Gasteiger partial charge on any atom is 0.220 e. The summed E-state index contributed by atoms with van der Waals surface area (Å²) in [6, 6.07) is -0.988. The van der Waals surface area contributed by atoms with Crippen LogP contribution >= 0.6 is 0 Å². The molecular weight excluding hydrogens is 1270 g/mol. The topological polar surface area (TPSA) is 307 Å². The number of ether oxygens (including phenoxy) is 6. The summed E-state index contributed by atoms with van der Waals surface area (Å²) in [4.78, 5) is 13.5. The van der Waals surface area contributed by atoms with Gasteiger partial charge in [-0.2, -0.15) is 0 Å². The second-order valence-corrected chi connectivity index (χ2v) is 29.9. The number of amides is 1. The number of hydrogen-bond acceptors (Lipinski definition) is 18. The molecule has 0 aliphatic carbocycles. The summed E-state index contributed by atoms with van der Waals surface area (Å²) in [5.41, 5.74) is 0. The number of unbranched alkanes of at least 4 members (excludes halogenated alkanes) is 49. The Balaban J connectivity index is 1.30. The van der Waals surface area contributed by atoms with E-state index in [2.05, 4.69) is 31.3 Å². The van der Waals surface area contributed by atoms with Gasteiger partial charge in [-0.25, -0.2) is 0 Å². The van der Waals surface area contributed by atoms with Gasteiger partial charge in [0, 0.05) is 6.42 Å². The minimum atomic E-state index is -1.98. The van der Waals surface area contributed by atoms with Crippen LogP contribution in [-0.2, 0) is 33.2 Å². The molecule has 0 spiro atoms. The number of hydrogen-bond donors (Lipinski definition) is 12. The van der Waals surface area contributed by atoms with E-state index >= 15 is 0 Å². The van der Waals surface area contributed by atoms with Crippen molar-refractivity contribution in [1.82, 2.24) is 5.32 Å². The molecule has 19 heteroatoms. The van der Waals surface area contributed by atoms with Gasteiger partial charge in [0.2, 0.25) is 5.91 Å². The Morgan fingerprint density at radius 3 is 1.00 bits per heavy atom. The molecule has 0 bridgehead atoms. The zero-order chi connectivity index (χ0) is 72.5. The van der Waals surface area contributed by atoms with Gasteiger partial charge in [0.05, 0.1) is 38.6 Å². The summed E-state index contributed by atoms with van der Waals surface area (Å²) >= 11 is 0. The summed E-state index contributed by atoms with van der Waals surface area (Å²) in [6.07, 6.45) is 49.2. The molecule has 12 N–H and O–H groups in total. The van der Waals surface area contributed by atoms with Crippen LogP contribution in [0.1, 0.15) is 354 Å². The van der Waals surface area contributed by atoms with Gasteiger partial charge < -0.3 is 89.9 Å². The summed E-state index contributed by atoms with van der Waals surface area (Å²) in [5.74, 6) is -0.278. The average Bonchev–Trinajstić information content (AvgIpc) is 0.783. The standard InChI is InChI=1S/C81H153NO18/c1-3-5-7-9-11-13-15-17-19-21-22-23-24-25-26-27-28-29-30-31-32-33-34-35-36-37-38-39-40-41-43-45-47-49-51-53-55-57-59-69(87)82-64(65(86)58-56-54-52-50-48-46-44-42-20-18-16-14-12-10-8-6-4-2)63-95-79-75(93)72(90)77(67(61-84)97-79)100-81-76(94)73(91)78(68(62-85)98-81)99-80-74(92)71(89)70(88)66(60-83)96-80/h48,50,56,58,64-68,70-81,83-86,88-94H,3-47,49,51-55,57,59-63H2,1-2H3,(H,82,87)/b50-48+,58-56+. The van der Waals surface area contributed by atoms with Gasteiger partial charge in [-0.3, -0.25) is 4.79 Å². The van der Waals surface area contributed by atoms with Crippen molar-refractivity contribution in [1.29, 1.82) is 0 Å². The van der Waals surface area contributed by atoms with Crippen LogP contribution in [0.2, 0.25) is 0 Å². The molecule has 3 heterocycles. The Kier molecular flexibility index (Phi) is 57.6. The molecule has 0 radical (unpaired) electrons. The van der Waals surface area contributed by atoms with Crippen molar-refractivity contribution < 1.29 is 89.4 Å².